The van der Waals surface area contributed by atoms with Crippen LogP contribution in [0.15, 0.2) is 35.9 Å². The first-order valence-corrected chi connectivity index (χ1v) is 6.51. The number of allylic oxidation sites excluding steroid dienone is 1. The summed E-state index contributed by atoms with van der Waals surface area (Å²) >= 11 is 6.70. The van der Waals surface area contributed by atoms with Crippen LogP contribution in [0.2, 0.25) is 0 Å². The molecule has 0 bridgehead atoms. The predicted molar refractivity (Wildman–Crippen MR) is 60.9 cm³/mol. The molecule has 0 amide bonds. The van der Waals surface area contributed by atoms with Crippen molar-refractivity contribution < 1.29 is 0 Å². The Labute approximate surface area is 94.8 Å². The van der Waals surface area contributed by atoms with Crippen molar-refractivity contribution in [1.29, 1.82) is 5.41 Å². The van der Waals surface area contributed by atoms with Gasteiger partial charge in [0.1, 0.15) is 0 Å². The number of benzene rings is 1. The molecule has 0 spiro atoms. The molecule has 3 heteroatoms. The molecule has 0 atom stereocenters. The fourth-order valence-corrected chi connectivity index (χ4v) is 4.77. The zero-order valence-corrected chi connectivity index (χ0v) is 10.1. The monoisotopic (exact) mass is 271 g/mol. The number of hydrogen-bond donors (Lipinski definition) is 1. The van der Waals surface area contributed by atoms with Crippen LogP contribution >= 0.6 is 11.6 Å². The van der Waals surface area contributed by atoms with E-state index in [1.807, 2.05) is 18.2 Å². The topological polar surface area (TPSA) is 23.9 Å². The molecule has 0 aromatic heterocycles. The molecule has 0 heterocycles. The van der Waals surface area contributed by atoms with Crippen molar-refractivity contribution in [2.45, 2.75) is 16.6 Å². The van der Waals surface area contributed by atoms with Crippen LogP contribution in [0, 0.1) is 5.41 Å². The molecule has 1 aliphatic rings. The Kier molecular flexibility index (Phi) is 2.80. The van der Waals surface area contributed by atoms with Gasteiger partial charge in [-0.1, -0.05) is 0 Å². The molecule has 2 rings (SSSR count). The molecule has 1 aliphatic carbocycles. The molecule has 1 fully saturated rings. The summed E-state index contributed by atoms with van der Waals surface area (Å²) in [5, 5.41) is 6.98. The van der Waals surface area contributed by atoms with Crippen LogP contribution in [-0.2, 0) is 0 Å². The van der Waals surface area contributed by atoms with Gasteiger partial charge in [-0.3, -0.25) is 0 Å². The van der Waals surface area contributed by atoms with Crippen molar-refractivity contribution in [2.75, 3.05) is 0 Å². The number of alkyl halides is 1. The molecule has 1 aromatic rings. The zero-order chi connectivity index (χ0) is 10.0. The number of hydrogen-bond acceptors (Lipinski definition) is 1. The van der Waals surface area contributed by atoms with Crippen LogP contribution in [-0.4, -0.2) is 24.6 Å². The Morgan fingerprint density at radius 3 is 2.50 bits per heavy atom. The van der Waals surface area contributed by atoms with Crippen LogP contribution in [0.3, 0.4) is 0 Å². The minimum absolute atomic E-state index is 0.0856. The third kappa shape index (κ3) is 2.10. The Hall–Kier alpha value is -0.521. The van der Waals surface area contributed by atoms with E-state index >= 15 is 0 Å². The summed E-state index contributed by atoms with van der Waals surface area (Å²) in [6, 6.07) is 10.4. The summed E-state index contributed by atoms with van der Waals surface area (Å²) in [5.74, 6) is 2.43. The Morgan fingerprint density at radius 1 is 1.29 bits per heavy atom. The average Bonchev–Trinajstić information content (AvgIpc) is 2.15. The van der Waals surface area contributed by atoms with E-state index in [0.29, 0.717) is 15.0 Å². The Bertz CT molecular complexity index is 374. The van der Waals surface area contributed by atoms with Gasteiger partial charge in [0.25, 0.3) is 0 Å². The van der Waals surface area contributed by atoms with Gasteiger partial charge >= 0.3 is 94.8 Å². The molecule has 0 radical (unpaired) electrons. The van der Waals surface area contributed by atoms with Crippen LogP contribution in [0.1, 0.15) is 12.8 Å². The molecule has 0 aliphatic heterocycles. The second kappa shape index (κ2) is 3.92. The summed E-state index contributed by atoms with van der Waals surface area (Å²) < 4.78 is 1.25. The summed E-state index contributed by atoms with van der Waals surface area (Å²) in [6.07, 6.45) is 1.68. The zero-order valence-electron chi connectivity index (χ0n) is 7.59. The molecule has 72 valence electrons. The normalized spacial score (nSPS) is 25.4. The van der Waals surface area contributed by atoms with Gasteiger partial charge in [-0.2, -0.15) is 0 Å². The van der Waals surface area contributed by atoms with Crippen molar-refractivity contribution in [3.8, 4) is 0 Å². The maximum absolute atomic E-state index is 6.98. The van der Waals surface area contributed by atoms with Crippen LogP contribution in [0.5, 0.6) is 0 Å². The number of halogens is 1. The molecule has 1 N–H and O–H groups in total. The first kappa shape index (κ1) is 10.0. The van der Waals surface area contributed by atoms with Crippen LogP contribution in [0.4, 0.5) is 0 Å². The van der Waals surface area contributed by atoms with E-state index < -0.39 is 0 Å². The van der Waals surface area contributed by atoms with Crippen LogP contribution < -0.4 is 4.46 Å². The molecule has 14 heavy (non-hydrogen) atoms. The summed E-state index contributed by atoms with van der Waals surface area (Å²) in [7, 11) is 0. The van der Waals surface area contributed by atoms with Crippen molar-refractivity contribution in [3.05, 3.63) is 35.9 Å². The molecular formula is C11H10ClNSe. The van der Waals surface area contributed by atoms with Crippen molar-refractivity contribution in [1.82, 2.24) is 0 Å². The standard InChI is InChI=1S/C11H10ClNSe/c12-11(6-9(7-11)8-13)14-10-4-2-1-3-5-10/h1-5,13H,6-7H2. The van der Waals surface area contributed by atoms with Gasteiger partial charge in [-0.25, -0.2) is 0 Å². The summed E-state index contributed by atoms with van der Waals surface area (Å²) in [5.41, 5.74) is 1.05. The van der Waals surface area contributed by atoms with Crippen molar-refractivity contribution in [2.24, 2.45) is 0 Å². The van der Waals surface area contributed by atoms with E-state index in [4.69, 9.17) is 17.0 Å². The molecule has 0 unspecified atom stereocenters. The Morgan fingerprint density at radius 2 is 1.93 bits per heavy atom. The SMILES string of the molecule is N=C=C1CC(Cl)([Se]c2ccccc2)C1. The first-order valence-electron chi connectivity index (χ1n) is 4.42. The van der Waals surface area contributed by atoms with E-state index in [2.05, 4.69) is 18.0 Å². The quantitative estimate of drug-likeness (QED) is 0.482. The minimum atomic E-state index is -0.0856. The summed E-state index contributed by atoms with van der Waals surface area (Å²) in [6.45, 7) is 0. The fraction of sp³-hybridized carbons (Fsp3) is 0.273. The van der Waals surface area contributed by atoms with Gasteiger partial charge in [-0.05, 0) is 0 Å². The second-order valence-corrected chi connectivity index (χ2v) is 7.67. The molecule has 1 aromatic carbocycles. The average molecular weight is 271 g/mol. The van der Waals surface area contributed by atoms with E-state index in [0.717, 1.165) is 18.4 Å². The van der Waals surface area contributed by atoms with E-state index in [1.165, 1.54) is 4.46 Å². The molecule has 1 nitrogen and oxygen atoms in total. The van der Waals surface area contributed by atoms with E-state index in [-0.39, 0.29) is 3.77 Å². The van der Waals surface area contributed by atoms with Gasteiger partial charge in [0.05, 0.1) is 0 Å². The van der Waals surface area contributed by atoms with Crippen LogP contribution in [0.25, 0.3) is 0 Å². The van der Waals surface area contributed by atoms with Gasteiger partial charge in [0, 0.05) is 0 Å². The molecular weight excluding hydrogens is 261 g/mol. The third-order valence-corrected chi connectivity index (χ3v) is 5.28. The number of nitrogens with one attached hydrogen (secondary N) is 1. The van der Waals surface area contributed by atoms with Gasteiger partial charge in [-0.15, -0.1) is 0 Å². The second-order valence-electron chi connectivity index (χ2n) is 3.38. The number of rotatable bonds is 2. The maximum atomic E-state index is 6.98. The summed E-state index contributed by atoms with van der Waals surface area (Å²) in [4.78, 5) is 0. The molecule has 1 saturated carbocycles. The van der Waals surface area contributed by atoms with Gasteiger partial charge < -0.3 is 0 Å². The third-order valence-electron chi connectivity index (χ3n) is 2.18. The first-order chi connectivity index (χ1) is 6.72. The van der Waals surface area contributed by atoms with Gasteiger partial charge in [0.2, 0.25) is 0 Å². The Balaban J connectivity index is 2.03. The fourth-order valence-electron chi connectivity index (χ4n) is 1.45. The van der Waals surface area contributed by atoms with E-state index in [9.17, 15) is 0 Å². The van der Waals surface area contributed by atoms with Crippen molar-refractivity contribution >= 4 is 36.9 Å². The molecule has 0 saturated heterocycles. The van der Waals surface area contributed by atoms with Crippen molar-refractivity contribution in [3.63, 3.8) is 0 Å². The van der Waals surface area contributed by atoms with Gasteiger partial charge in [0.15, 0.2) is 0 Å². The van der Waals surface area contributed by atoms with E-state index in [1.54, 1.807) is 0 Å². The predicted octanol–water partition coefficient (Wildman–Crippen LogP) is 1.92.